The Labute approximate surface area is 143 Å². The SMILES string of the molecule is C[C@H](Cn1cncn1)Nc1nc(-c2ccncc2)nc2c1cnn2C. The van der Waals surface area contributed by atoms with Crippen molar-refractivity contribution in [3.63, 3.8) is 0 Å². The molecule has 4 heterocycles. The Morgan fingerprint density at radius 1 is 1.12 bits per heavy atom. The molecule has 0 aliphatic carbocycles. The van der Waals surface area contributed by atoms with Crippen LogP contribution in [0.1, 0.15) is 6.92 Å². The number of nitrogens with one attached hydrogen (secondary N) is 1. The topological polar surface area (TPSA) is 99.2 Å². The van der Waals surface area contributed by atoms with Crippen LogP contribution < -0.4 is 5.32 Å². The van der Waals surface area contributed by atoms with Gasteiger partial charge in [0.2, 0.25) is 0 Å². The molecule has 0 bridgehead atoms. The van der Waals surface area contributed by atoms with E-state index in [1.807, 2.05) is 19.2 Å². The normalized spacial score (nSPS) is 12.4. The first-order valence-corrected chi connectivity index (χ1v) is 7.90. The summed E-state index contributed by atoms with van der Waals surface area (Å²) >= 11 is 0. The summed E-state index contributed by atoms with van der Waals surface area (Å²) in [6.07, 6.45) is 8.45. The third-order valence-corrected chi connectivity index (χ3v) is 3.84. The number of hydrogen-bond acceptors (Lipinski definition) is 7. The summed E-state index contributed by atoms with van der Waals surface area (Å²) in [4.78, 5) is 17.4. The zero-order chi connectivity index (χ0) is 17.2. The smallest absolute Gasteiger partial charge is 0.164 e. The van der Waals surface area contributed by atoms with Crippen LogP contribution in [-0.2, 0) is 13.6 Å². The molecule has 0 spiro atoms. The molecule has 0 aliphatic heterocycles. The molecule has 0 aromatic carbocycles. The van der Waals surface area contributed by atoms with Crippen molar-refractivity contribution in [3.05, 3.63) is 43.4 Å². The van der Waals surface area contributed by atoms with Gasteiger partial charge >= 0.3 is 0 Å². The summed E-state index contributed by atoms with van der Waals surface area (Å²) < 4.78 is 3.53. The van der Waals surface area contributed by atoms with Gasteiger partial charge in [0.25, 0.3) is 0 Å². The molecule has 0 amide bonds. The van der Waals surface area contributed by atoms with E-state index in [0.717, 1.165) is 22.4 Å². The molecular weight excluding hydrogens is 318 g/mol. The molecule has 25 heavy (non-hydrogen) atoms. The summed E-state index contributed by atoms with van der Waals surface area (Å²) in [7, 11) is 1.87. The van der Waals surface area contributed by atoms with E-state index >= 15 is 0 Å². The number of fused-ring (bicyclic) bond motifs is 1. The predicted molar refractivity (Wildman–Crippen MR) is 92.6 cm³/mol. The standard InChI is InChI=1S/C16H17N9/c1-11(8-25-10-18-9-20-25)21-15-13-7-19-24(2)16(13)23-14(22-15)12-3-5-17-6-4-12/h3-7,9-11H,8H2,1-2H3,(H,21,22,23)/t11-/m1/s1. The third-order valence-electron chi connectivity index (χ3n) is 3.84. The van der Waals surface area contributed by atoms with E-state index in [1.54, 1.807) is 34.3 Å². The fourth-order valence-electron chi connectivity index (χ4n) is 2.65. The van der Waals surface area contributed by atoms with Crippen LogP contribution >= 0.6 is 0 Å². The maximum atomic E-state index is 4.71. The molecule has 4 aromatic rings. The molecular formula is C16H17N9. The van der Waals surface area contributed by atoms with Gasteiger partial charge in [0, 0.05) is 31.0 Å². The molecule has 1 atom stereocenters. The highest BCUT2D eigenvalue weighted by Gasteiger charge is 2.15. The highest BCUT2D eigenvalue weighted by Crippen LogP contribution is 2.24. The predicted octanol–water partition coefficient (Wildman–Crippen LogP) is 1.52. The van der Waals surface area contributed by atoms with Crippen molar-refractivity contribution in [1.29, 1.82) is 0 Å². The van der Waals surface area contributed by atoms with Gasteiger partial charge in [0.1, 0.15) is 18.5 Å². The minimum atomic E-state index is 0.102. The zero-order valence-electron chi connectivity index (χ0n) is 13.9. The van der Waals surface area contributed by atoms with Crippen molar-refractivity contribution in [1.82, 2.24) is 39.5 Å². The second-order valence-corrected chi connectivity index (χ2v) is 5.80. The third kappa shape index (κ3) is 3.03. The second kappa shape index (κ2) is 6.27. The minimum absolute atomic E-state index is 0.102. The van der Waals surface area contributed by atoms with E-state index in [-0.39, 0.29) is 6.04 Å². The van der Waals surface area contributed by atoms with Crippen LogP contribution in [0.15, 0.2) is 43.4 Å². The summed E-state index contributed by atoms with van der Waals surface area (Å²) in [5.74, 6) is 1.38. The van der Waals surface area contributed by atoms with Crippen molar-refractivity contribution < 1.29 is 0 Å². The highest BCUT2D eigenvalue weighted by atomic mass is 15.3. The Morgan fingerprint density at radius 3 is 2.72 bits per heavy atom. The Kier molecular flexibility index (Phi) is 3.81. The van der Waals surface area contributed by atoms with Crippen LogP contribution in [-0.4, -0.2) is 45.5 Å². The minimum Gasteiger partial charge on any atom is -0.365 e. The molecule has 0 saturated heterocycles. The number of pyridine rings is 1. The first-order valence-electron chi connectivity index (χ1n) is 7.90. The Balaban J connectivity index is 1.71. The first-order chi connectivity index (χ1) is 12.2. The van der Waals surface area contributed by atoms with Crippen LogP contribution in [0.5, 0.6) is 0 Å². The van der Waals surface area contributed by atoms with Crippen LogP contribution in [0.2, 0.25) is 0 Å². The quantitative estimate of drug-likeness (QED) is 0.590. The van der Waals surface area contributed by atoms with Crippen LogP contribution in [0, 0.1) is 0 Å². The van der Waals surface area contributed by atoms with Gasteiger partial charge in [-0.3, -0.25) is 14.3 Å². The van der Waals surface area contributed by atoms with Gasteiger partial charge in [0.15, 0.2) is 11.5 Å². The number of nitrogens with zero attached hydrogens (tertiary/aromatic N) is 8. The van der Waals surface area contributed by atoms with Gasteiger partial charge in [0.05, 0.1) is 18.1 Å². The van der Waals surface area contributed by atoms with E-state index in [2.05, 4.69) is 37.4 Å². The first kappa shape index (κ1) is 15.2. The Morgan fingerprint density at radius 2 is 1.96 bits per heavy atom. The fourth-order valence-corrected chi connectivity index (χ4v) is 2.65. The summed E-state index contributed by atoms with van der Waals surface area (Å²) in [6, 6.07) is 3.88. The van der Waals surface area contributed by atoms with Crippen LogP contribution in [0.25, 0.3) is 22.4 Å². The molecule has 0 saturated carbocycles. The highest BCUT2D eigenvalue weighted by molar-refractivity contribution is 5.88. The van der Waals surface area contributed by atoms with Crippen molar-refractivity contribution in [2.45, 2.75) is 19.5 Å². The average molecular weight is 335 g/mol. The number of aryl methyl sites for hydroxylation is 1. The number of aromatic nitrogens is 8. The summed E-state index contributed by atoms with van der Waals surface area (Å²) in [5.41, 5.74) is 1.68. The molecule has 0 fully saturated rings. The maximum Gasteiger partial charge on any atom is 0.164 e. The van der Waals surface area contributed by atoms with E-state index < -0.39 is 0 Å². The fraction of sp³-hybridized carbons (Fsp3) is 0.250. The van der Waals surface area contributed by atoms with E-state index in [1.165, 1.54) is 6.33 Å². The molecule has 9 heteroatoms. The van der Waals surface area contributed by atoms with Crippen LogP contribution in [0.4, 0.5) is 5.82 Å². The number of rotatable bonds is 5. The van der Waals surface area contributed by atoms with Crippen molar-refractivity contribution in [2.75, 3.05) is 5.32 Å². The summed E-state index contributed by atoms with van der Waals surface area (Å²) in [5, 5.41) is 12.8. The monoisotopic (exact) mass is 335 g/mol. The van der Waals surface area contributed by atoms with E-state index in [4.69, 9.17) is 4.98 Å². The molecule has 9 nitrogen and oxygen atoms in total. The van der Waals surface area contributed by atoms with Gasteiger partial charge < -0.3 is 5.32 Å². The van der Waals surface area contributed by atoms with Gasteiger partial charge in [-0.1, -0.05) is 0 Å². The van der Waals surface area contributed by atoms with Gasteiger partial charge in [-0.05, 0) is 19.1 Å². The lowest BCUT2D eigenvalue weighted by Gasteiger charge is -2.15. The Bertz CT molecular complexity index is 976. The molecule has 0 unspecified atom stereocenters. The van der Waals surface area contributed by atoms with Gasteiger partial charge in [-0.25, -0.2) is 15.0 Å². The van der Waals surface area contributed by atoms with E-state index in [9.17, 15) is 0 Å². The molecule has 0 aliphatic rings. The number of anilines is 1. The molecule has 1 N–H and O–H groups in total. The van der Waals surface area contributed by atoms with Crippen LogP contribution in [0.3, 0.4) is 0 Å². The van der Waals surface area contributed by atoms with E-state index in [0.29, 0.717) is 12.4 Å². The molecule has 0 radical (unpaired) electrons. The largest absolute Gasteiger partial charge is 0.365 e. The lowest BCUT2D eigenvalue weighted by atomic mass is 10.2. The maximum absolute atomic E-state index is 4.71. The van der Waals surface area contributed by atoms with Gasteiger partial charge in [-0.15, -0.1) is 0 Å². The zero-order valence-corrected chi connectivity index (χ0v) is 13.9. The second-order valence-electron chi connectivity index (χ2n) is 5.80. The lowest BCUT2D eigenvalue weighted by molar-refractivity contribution is 0.558. The molecule has 126 valence electrons. The van der Waals surface area contributed by atoms with Crippen molar-refractivity contribution in [3.8, 4) is 11.4 Å². The average Bonchev–Trinajstić information content (AvgIpc) is 3.26. The summed E-state index contributed by atoms with van der Waals surface area (Å²) in [6.45, 7) is 2.74. The number of hydrogen-bond donors (Lipinski definition) is 1. The molecule has 4 aromatic heterocycles. The van der Waals surface area contributed by atoms with Gasteiger partial charge in [-0.2, -0.15) is 10.2 Å². The van der Waals surface area contributed by atoms with Crippen molar-refractivity contribution >= 4 is 16.9 Å². The lowest BCUT2D eigenvalue weighted by Crippen LogP contribution is -2.23. The Hall–Kier alpha value is -3.36. The molecule has 4 rings (SSSR count). The van der Waals surface area contributed by atoms with Crippen molar-refractivity contribution in [2.24, 2.45) is 7.05 Å².